The Hall–Kier alpha value is -0.570. The maximum atomic E-state index is 11.1. The maximum Gasteiger partial charge on any atom is 0.223 e. The highest BCUT2D eigenvalue weighted by molar-refractivity contribution is 5.77. The smallest absolute Gasteiger partial charge is 0.223 e. The van der Waals surface area contributed by atoms with Gasteiger partial charge in [-0.2, -0.15) is 0 Å². The normalized spacial score (nSPS) is 23.8. The van der Waals surface area contributed by atoms with Gasteiger partial charge in [-0.3, -0.25) is 4.79 Å². The average molecular weight is 185 g/mol. The second kappa shape index (κ2) is 4.61. The zero-order valence-corrected chi connectivity index (χ0v) is 8.20. The van der Waals surface area contributed by atoms with Crippen molar-refractivity contribution in [2.75, 3.05) is 0 Å². The van der Waals surface area contributed by atoms with Gasteiger partial charge in [-0.1, -0.05) is 19.3 Å². The molecule has 0 aliphatic heterocycles. The van der Waals surface area contributed by atoms with Crippen LogP contribution in [0.4, 0.5) is 0 Å². The fourth-order valence-electron chi connectivity index (χ4n) is 2.36. The average Bonchev–Trinajstić information content (AvgIpc) is 2.04. The van der Waals surface area contributed by atoms with Crippen molar-refractivity contribution in [3.05, 3.63) is 0 Å². The third kappa shape index (κ3) is 2.69. The van der Waals surface area contributed by atoms with E-state index >= 15 is 0 Å². The van der Waals surface area contributed by atoms with E-state index in [9.17, 15) is 9.90 Å². The molecule has 76 valence electrons. The molecule has 1 saturated carbocycles. The van der Waals surface area contributed by atoms with Crippen LogP contribution in [0.15, 0.2) is 0 Å². The number of amides is 1. The van der Waals surface area contributed by atoms with Crippen molar-refractivity contribution in [2.45, 2.75) is 45.1 Å². The van der Waals surface area contributed by atoms with Gasteiger partial charge in [-0.15, -0.1) is 0 Å². The van der Waals surface area contributed by atoms with Crippen LogP contribution >= 0.6 is 0 Å². The molecule has 3 heteroatoms. The van der Waals surface area contributed by atoms with Gasteiger partial charge in [0.15, 0.2) is 0 Å². The van der Waals surface area contributed by atoms with E-state index in [1.807, 2.05) is 0 Å². The molecule has 0 saturated heterocycles. The minimum atomic E-state index is -0.597. The molecular formula is C10H19NO2. The Kier molecular flexibility index (Phi) is 3.72. The van der Waals surface area contributed by atoms with Crippen molar-refractivity contribution in [2.24, 2.45) is 17.6 Å². The van der Waals surface area contributed by atoms with Crippen molar-refractivity contribution >= 4 is 5.91 Å². The molecule has 0 bridgehead atoms. The molecular weight excluding hydrogens is 166 g/mol. The molecule has 0 heterocycles. The lowest BCUT2D eigenvalue weighted by Gasteiger charge is -2.29. The highest BCUT2D eigenvalue weighted by Crippen LogP contribution is 2.31. The number of nitrogens with two attached hydrogens (primary N) is 1. The third-order valence-electron chi connectivity index (χ3n) is 3.01. The first-order chi connectivity index (χ1) is 6.13. The fourth-order valence-corrected chi connectivity index (χ4v) is 2.36. The molecule has 2 atom stereocenters. The summed E-state index contributed by atoms with van der Waals surface area (Å²) < 4.78 is 0. The summed E-state index contributed by atoms with van der Waals surface area (Å²) in [6, 6.07) is 0. The molecule has 3 nitrogen and oxygen atoms in total. The molecule has 0 radical (unpaired) electrons. The number of rotatable bonds is 3. The van der Waals surface area contributed by atoms with Gasteiger partial charge in [-0.25, -0.2) is 0 Å². The van der Waals surface area contributed by atoms with Gasteiger partial charge < -0.3 is 10.8 Å². The van der Waals surface area contributed by atoms with E-state index < -0.39 is 6.10 Å². The van der Waals surface area contributed by atoms with Gasteiger partial charge in [0.05, 0.1) is 12.0 Å². The van der Waals surface area contributed by atoms with Crippen LogP contribution in [0, 0.1) is 11.8 Å². The maximum absolute atomic E-state index is 11.1. The van der Waals surface area contributed by atoms with Crippen LogP contribution in [0.2, 0.25) is 0 Å². The molecule has 1 rings (SSSR count). The first kappa shape index (κ1) is 10.5. The molecule has 0 spiro atoms. The Morgan fingerprint density at radius 3 is 2.31 bits per heavy atom. The predicted molar refractivity (Wildman–Crippen MR) is 50.9 cm³/mol. The largest absolute Gasteiger partial charge is 0.393 e. The number of hydrogen-bond donors (Lipinski definition) is 2. The molecule has 0 aromatic carbocycles. The van der Waals surface area contributed by atoms with Gasteiger partial charge in [0, 0.05) is 0 Å². The first-order valence-corrected chi connectivity index (χ1v) is 5.10. The standard InChI is InChI=1S/C10H19NO2/c1-7(12)9(10(11)13)8-5-3-2-4-6-8/h7-9,12H,2-6H2,1H3,(H2,11,13). The van der Waals surface area contributed by atoms with Crippen molar-refractivity contribution in [3.8, 4) is 0 Å². The molecule has 0 aromatic rings. The van der Waals surface area contributed by atoms with Gasteiger partial charge in [0.2, 0.25) is 5.91 Å². The van der Waals surface area contributed by atoms with Crippen molar-refractivity contribution in [1.82, 2.24) is 0 Å². The summed E-state index contributed by atoms with van der Waals surface area (Å²) in [5.74, 6) is -0.367. The molecule has 1 fully saturated rings. The van der Waals surface area contributed by atoms with E-state index in [-0.39, 0.29) is 11.8 Å². The Bertz CT molecular complexity index is 174. The third-order valence-corrected chi connectivity index (χ3v) is 3.01. The Morgan fingerprint density at radius 2 is 1.92 bits per heavy atom. The summed E-state index contributed by atoms with van der Waals surface area (Å²) in [4.78, 5) is 11.1. The van der Waals surface area contributed by atoms with E-state index in [1.54, 1.807) is 6.92 Å². The SMILES string of the molecule is CC(O)C(C(N)=O)C1CCCCC1. The summed E-state index contributed by atoms with van der Waals surface area (Å²) >= 11 is 0. The van der Waals surface area contributed by atoms with E-state index in [2.05, 4.69) is 0 Å². The summed E-state index contributed by atoms with van der Waals surface area (Å²) in [7, 11) is 0. The quantitative estimate of drug-likeness (QED) is 0.690. The lowest BCUT2D eigenvalue weighted by atomic mass is 9.77. The molecule has 0 aromatic heterocycles. The molecule has 3 N–H and O–H groups in total. The summed E-state index contributed by atoms with van der Waals surface area (Å²) in [5, 5.41) is 9.43. The van der Waals surface area contributed by atoms with Gasteiger partial charge in [-0.05, 0) is 25.7 Å². The molecule has 2 unspecified atom stereocenters. The summed E-state index contributed by atoms with van der Waals surface area (Å²) in [6.07, 6.45) is 5.07. The fraction of sp³-hybridized carbons (Fsp3) is 0.900. The zero-order chi connectivity index (χ0) is 9.84. The highest BCUT2D eigenvalue weighted by atomic mass is 16.3. The highest BCUT2D eigenvalue weighted by Gasteiger charge is 2.31. The van der Waals surface area contributed by atoms with Crippen LogP contribution in [0.1, 0.15) is 39.0 Å². The monoisotopic (exact) mass is 185 g/mol. The number of aliphatic hydroxyl groups excluding tert-OH is 1. The van der Waals surface area contributed by atoms with Gasteiger partial charge in [0.1, 0.15) is 0 Å². The van der Waals surface area contributed by atoms with Gasteiger partial charge in [0.25, 0.3) is 0 Å². The lowest BCUT2D eigenvalue weighted by Crippen LogP contribution is -2.38. The number of hydrogen-bond acceptors (Lipinski definition) is 2. The molecule has 1 aliphatic rings. The van der Waals surface area contributed by atoms with Crippen molar-refractivity contribution < 1.29 is 9.90 Å². The Morgan fingerprint density at radius 1 is 1.38 bits per heavy atom. The molecule has 13 heavy (non-hydrogen) atoms. The zero-order valence-electron chi connectivity index (χ0n) is 8.20. The van der Waals surface area contributed by atoms with Crippen molar-refractivity contribution in [3.63, 3.8) is 0 Å². The van der Waals surface area contributed by atoms with Crippen LogP contribution in [0.3, 0.4) is 0 Å². The van der Waals surface area contributed by atoms with Crippen LogP contribution < -0.4 is 5.73 Å². The van der Waals surface area contributed by atoms with Crippen LogP contribution in [-0.2, 0) is 4.79 Å². The van der Waals surface area contributed by atoms with Crippen LogP contribution in [0.5, 0.6) is 0 Å². The second-order valence-electron chi connectivity index (χ2n) is 4.07. The van der Waals surface area contributed by atoms with E-state index in [0.717, 1.165) is 12.8 Å². The second-order valence-corrected chi connectivity index (χ2v) is 4.07. The lowest BCUT2D eigenvalue weighted by molar-refractivity contribution is -0.127. The summed E-state index contributed by atoms with van der Waals surface area (Å²) in [5.41, 5.74) is 5.27. The number of aliphatic hydroxyl groups is 1. The molecule has 1 aliphatic carbocycles. The van der Waals surface area contributed by atoms with E-state index in [4.69, 9.17) is 5.73 Å². The predicted octanol–water partition coefficient (Wildman–Crippen LogP) is 1.05. The number of carbonyl (C=O) groups is 1. The summed E-state index contributed by atoms with van der Waals surface area (Å²) in [6.45, 7) is 1.66. The minimum Gasteiger partial charge on any atom is -0.393 e. The van der Waals surface area contributed by atoms with E-state index in [0.29, 0.717) is 5.92 Å². The number of carbonyl (C=O) groups excluding carboxylic acids is 1. The Balaban J connectivity index is 2.57. The minimum absolute atomic E-state index is 0.311. The van der Waals surface area contributed by atoms with Crippen molar-refractivity contribution in [1.29, 1.82) is 0 Å². The van der Waals surface area contributed by atoms with Crippen LogP contribution in [0.25, 0.3) is 0 Å². The first-order valence-electron chi connectivity index (χ1n) is 5.10. The number of primary amides is 1. The van der Waals surface area contributed by atoms with Crippen LogP contribution in [-0.4, -0.2) is 17.1 Å². The van der Waals surface area contributed by atoms with Gasteiger partial charge >= 0.3 is 0 Å². The molecule has 1 amide bonds. The topological polar surface area (TPSA) is 63.3 Å². The Labute approximate surface area is 79.3 Å². The van der Waals surface area contributed by atoms with E-state index in [1.165, 1.54) is 19.3 Å².